The molecule has 2 unspecified atom stereocenters. The number of carbonyl (C=O) groups is 2. The summed E-state index contributed by atoms with van der Waals surface area (Å²) in [7, 11) is 0. The lowest BCUT2D eigenvalue weighted by atomic mass is 10.1. The maximum Gasteiger partial charge on any atom is 0.261 e. The number of nitrogens with zero attached hydrogens (tertiary/aromatic N) is 1. The van der Waals surface area contributed by atoms with Gasteiger partial charge in [0, 0.05) is 28.2 Å². The highest BCUT2D eigenvalue weighted by Crippen LogP contribution is 2.27. The third kappa shape index (κ3) is 6.88. The summed E-state index contributed by atoms with van der Waals surface area (Å²) in [5, 5.41) is 3.88. The SMILES string of the molecule is CCC(C)NC(=O)C(CC)N(Cc1c(Cl)cccc1Cl)C(=O)COc1cc(C)ccc1C. The first-order valence-electron chi connectivity index (χ1n) is 10.9. The van der Waals surface area contributed by atoms with E-state index in [4.69, 9.17) is 27.9 Å². The molecule has 0 aliphatic heterocycles. The van der Waals surface area contributed by atoms with E-state index in [0.717, 1.165) is 17.5 Å². The Balaban J connectivity index is 2.32. The van der Waals surface area contributed by atoms with Crippen molar-refractivity contribution in [2.75, 3.05) is 6.61 Å². The van der Waals surface area contributed by atoms with Gasteiger partial charge in [0.15, 0.2) is 6.61 Å². The number of carbonyl (C=O) groups excluding carboxylic acids is 2. The maximum atomic E-state index is 13.3. The fourth-order valence-electron chi connectivity index (χ4n) is 3.30. The highest BCUT2D eigenvalue weighted by molar-refractivity contribution is 6.36. The van der Waals surface area contributed by atoms with Gasteiger partial charge in [0.25, 0.3) is 5.91 Å². The van der Waals surface area contributed by atoms with Gasteiger partial charge in [-0.25, -0.2) is 0 Å². The molecule has 2 amide bonds. The van der Waals surface area contributed by atoms with E-state index in [1.54, 1.807) is 18.2 Å². The molecule has 32 heavy (non-hydrogen) atoms. The minimum atomic E-state index is -0.675. The van der Waals surface area contributed by atoms with Crippen molar-refractivity contribution in [3.8, 4) is 5.75 Å². The van der Waals surface area contributed by atoms with Crippen molar-refractivity contribution in [2.24, 2.45) is 0 Å². The average molecular weight is 479 g/mol. The Morgan fingerprint density at radius 1 is 1.06 bits per heavy atom. The summed E-state index contributed by atoms with van der Waals surface area (Å²) in [6, 6.07) is 10.3. The molecule has 0 aliphatic rings. The standard InChI is InChI=1S/C25H32Cl2N2O3/c1-6-18(5)28-25(31)22(7-2)29(14-19-20(26)9-8-10-21(19)27)24(30)15-32-23-13-16(3)11-12-17(23)4/h8-13,18,22H,6-7,14-15H2,1-5H3,(H,28,31). The van der Waals surface area contributed by atoms with E-state index in [0.29, 0.717) is 27.8 Å². The van der Waals surface area contributed by atoms with Crippen LogP contribution in [0.1, 0.15) is 50.3 Å². The molecule has 0 heterocycles. The second-order valence-electron chi connectivity index (χ2n) is 8.02. The predicted octanol–water partition coefficient (Wildman–Crippen LogP) is 5.71. The van der Waals surface area contributed by atoms with Crippen LogP contribution in [-0.4, -0.2) is 35.4 Å². The third-order valence-corrected chi connectivity index (χ3v) is 6.18. The Bertz CT molecular complexity index is 929. The van der Waals surface area contributed by atoms with Gasteiger partial charge < -0.3 is 15.0 Å². The van der Waals surface area contributed by atoms with Gasteiger partial charge in [-0.05, 0) is 62.9 Å². The lowest BCUT2D eigenvalue weighted by molar-refractivity contribution is -0.143. The molecule has 2 atom stereocenters. The summed E-state index contributed by atoms with van der Waals surface area (Å²) in [4.78, 5) is 27.9. The fraction of sp³-hybridized carbons (Fsp3) is 0.440. The number of rotatable bonds is 10. The molecule has 0 aliphatic carbocycles. The van der Waals surface area contributed by atoms with E-state index >= 15 is 0 Å². The van der Waals surface area contributed by atoms with Crippen LogP contribution in [0.4, 0.5) is 0 Å². The van der Waals surface area contributed by atoms with Gasteiger partial charge in [-0.2, -0.15) is 0 Å². The first-order valence-corrected chi connectivity index (χ1v) is 11.7. The van der Waals surface area contributed by atoms with Crippen LogP contribution in [0.5, 0.6) is 5.75 Å². The Kier molecular flexibility index (Phi) is 9.85. The van der Waals surface area contributed by atoms with Crippen molar-refractivity contribution in [1.82, 2.24) is 10.2 Å². The second-order valence-corrected chi connectivity index (χ2v) is 8.84. The molecule has 5 nitrogen and oxygen atoms in total. The van der Waals surface area contributed by atoms with Crippen LogP contribution in [0.25, 0.3) is 0 Å². The molecule has 0 bridgehead atoms. The smallest absolute Gasteiger partial charge is 0.261 e. The number of aryl methyl sites for hydroxylation is 2. The molecular formula is C25H32Cl2N2O3. The maximum absolute atomic E-state index is 13.3. The molecule has 2 aromatic carbocycles. The number of hydrogen-bond acceptors (Lipinski definition) is 3. The van der Waals surface area contributed by atoms with Gasteiger partial charge >= 0.3 is 0 Å². The number of hydrogen-bond donors (Lipinski definition) is 1. The van der Waals surface area contributed by atoms with Crippen molar-refractivity contribution in [2.45, 2.75) is 66.1 Å². The Labute approximate surface area is 201 Å². The summed E-state index contributed by atoms with van der Waals surface area (Å²) in [6.07, 6.45) is 1.24. The van der Waals surface area contributed by atoms with E-state index in [-0.39, 0.29) is 31.0 Å². The van der Waals surface area contributed by atoms with Gasteiger partial charge in [0.1, 0.15) is 11.8 Å². The van der Waals surface area contributed by atoms with E-state index in [2.05, 4.69) is 5.32 Å². The fourth-order valence-corrected chi connectivity index (χ4v) is 3.82. The molecule has 7 heteroatoms. The highest BCUT2D eigenvalue weighted by atomic mass is 35.5. The number of amides is 2. The molecule has 0 fully saturated rings. The molecule has 0 saturated heterocycles. The summed E-state index contributed by atoms with van der Waals surface area (Å²) in [5.41, 5.74) is 2.58. The van der Waals surface area contributed by atoms with Crippen molar-refractivity contribution < 1.29 is 14.3 Å². The molecule has 0 spiro atoms. The quantitative estimate of drug-likeness (QED) is 0.475. The molecule has 1 N–H and O–H groups in total. The molecule has 2 rings (SSSR count). The zero-order chi connectivity index (χ0) is 23.8. The monoisotopic (exact) mass is 478 g/mol. The Hall–Kier alpha value is -2.24. The Morgan fingerprint density at radius 3 is 2.31 bits per heavy atom. The number of ether oxygens (including phenoxy) is 1. The predicted molar refractivity (Wildman–Crippen MR) is 130 cm³/mol. The number of halogens is 2. The van der Waals surface area contributed by atoms with Crippen LogP contribution in [0, 0.1) is 13.8 Å². The minimum absolute atomic E-state index is 0.00333. The Morgan fingerprint density at radius 2 is 1.72 bits per heavy atom. The zero-order valence-electron chi connectivity index (χ0n) is 19.4. The molecular weight excluding hydrogens is 447 g/mol. The van der Waals surface area contributed by atoms with Crippen LogP contribution in [0.3, 0.4) is 0 Å². The number of benzene rings is 2. The van der Waals surface area contributed by atoms with E-state index in [1.165, 1.54) is 4.90 Å². The van der Waals surface area contributed by atoms with Crippen LogP contribution in [0.15, 0.2) is 36.4 Å². The normalized spacial score (nSPS) is 12.7. The molecule has 174 valence electrons. The second kappa shape index (κ2) is 12.1. The van der Waals surface area contributed by atoms with Crippen molar-refractivity contribution in [3.63, 3.8) is 0 Å². The van der Waals surface area contributed by atoms with Crippen LogP contribution >= 0.6 is 23.2 Å². The molecule has 0 radical (unpaired) electrons. The lowest BCUT2D eigenvalue weighted by Crippen LogP contribution is -2.51. The third-order valence-electron chi connectivity index (χ3n) is 5.47. The van der Waals surface area contributed by atoms with Gasteiger partial charge in [0.05, 0.1) is 0 Å². The van der Waals surface area contributed by atoms with Gasteiger partial charge in [0.2, 0.25) is 5.91 Å². The van der Waals surface area contributed by atoms with Crippen molar-refractivity contribution >= 4 is 35.0 Å². The van der Waals surface area contributed by atoms with Crippen molar-refractivity contribution in [3.05, 3.63) is 63.1 Å². The van der Waals surface area contributed by atoms with E-state index in [9.17, 15) is 9.59 Å². The molecule has 0 saturated carbocycles. The van der Waals surface area contributed by atoms with E-state index in [1.807, 2.05) is 52.8 Å². The minimum Gasteiger partial charge on any atom is -0.483 e. The first-order chi connectivity index (χ1) is 15.2. The van der Waals surface area contributed by atoms with Gasteiger partial charge in [-0.1, -0.05) is 55.2 Å². The largest absolute Gasteiger partial charge is 0.483 e. The average Bonchev–Trinajstić information content (AvgIpc) is 2.75. The molecule has 2 aromatic rings. The lowest BCUT2D eigenvalue weighted by Gasteiger charge is -2.32. The summed E-state index contributed by atoms with van der Waals surface area (Å²) in [6.45, 7) is 9.61. The zero-order valence-corrected chi connectivity index (χ0v) is 20.9. The van der Waals surface area contributed by atoms with E-state index < -0.39 is 6.04 Å². The van der Waals surface area contributed by atoms with Crippen LogP contribution < -0.4 is 10.1 Å². The topological polar surface area (TPSA) is 58.6 Å². The number of nitrogens with one attached hydrogen (secondary N) is 1. The van der Waals surface area contributed by atoms with Crippen molar-refractivity contribution in [1.29, 1.82) is 0 Å². The van der Waals surface area contributed by atoms with Crippen LogP contribution in [0.2, 0.25) is 10.0 Å². The highest BCUT2D eigenvalue weighted by Gasteiger charge is 2.30. The van der Waals surface area contributed by atoms with Crippen LogP contribution in [-0.2, 0) is 16.1 Å². The van der Waals surface area contributed by atoms with Gasteiger partial charge in [-0.3, -0.25) is 9.59 Å². The summed E-state index contributed by atoms with van der Waals surface area (Å²) >= 11 is 12.7. The first kappa shape index (κ1) is 26.0. The summed E-state index contributed by atoms with van der Waals surface area (Å²) in [5.74, 6) is 0.129. The van der Waals surface area contributed by atoms with Gasteiger partial charge in [-0.15, -0.1) is 0 Å². The molecule has 0 aromatic heterocycles. The summed E-state index contributed by atoms with van der Waals surface area (Å²) < 4.78 is 5.85.